The number of rotatable bonds is 7. The van der Waals surface area contributed by atoms with Crippen LogP contribution in [0.25, 0.3) is 6.08 Å². The molecule has 0 unspecified atom stereocenters. The minimum Gasteiger partial charge on any atom is -0.465 e. The molecule has 0 aliphatic rings. The molecule has 0 saturated carbocycles. The van der Waals surface area contributed by atoms with Crippen LogP contribution in [0.2, 0.25) is 0 Å². The van der Waals surface area contributed by atoms with Crippen molar-refractivity contribution in [3.8, 4) is 6.07 Å². The first-order chi connectivity index (χ1) is 12.5. The minimum atomic E-state index is -2.53. The number of hydrogen-bond donors (Lipinski definition) is 1. The predicted molar refractivity (Wildman–Crippen MR) is 90.2 cm³/mol. The number of amides is 1. The van der Waals surface area contributed by atoms with E-state index in [1.54, 1.807) is 18.2 Å². The van der Waals surface area contributed by atoms with E-state index in [-0.39, 0.29) is 5.57 Å². The van der Waals surface area contributed by atoms with Crippen molar-refractivity contribution in [3.05, 3.63) is 54.0 Å². The highest BCUT2D eigenvalue weighted by atomic mass is 32.2. The van der Waals surface area contributed by atoms with Crippen LogP contribution in [0.5, 0.6) is 0 Å². The highest BCUT2D eigenvalue weighted by Crippen LogP contribution is 2.26. The van der Waals surface area contributed by atoms with Gasteiger partial charge in [0.25, 0.3) is 11.7 Å². The highest BCUT2D eigenvalue weighted by Gasteiger charge is 2.14. The Hall–Kier alpha value is -3.12. The molecule has 2 rings (SSSR count). The molecule has 0 fully saturated rings. The molecule has 9 heteroatoms. The summed E-state index contributed by atoms with van der Waals surface area (Å²) in [5.74, 6) is -3.84. The second-order valence-corrected chi connectivity index (χ2v) is 5.78. The first-order valence-corrected chi connectivity index (χ1v) is 8.03. The van der Waals surface area contributed by atoms with Crippen LogP contribution < -0.4 is 5.32 Å². The van der Waals surface area contributed by atoms with Crippen LogP contribution in [0, 0.1) is 11.3 Å². The van der Waals surface area contributed by atoms with Crippen molar-refractivity contribution in [1.29, 1.82) is 5.26 Å². The van der Waals surface area contributed by atoms with Crippen LogP contribution in [0.1, 0.15) is 5.76 Å². The highest BCUT2D eigenvalue weighted by molar-refractivity contribution is 7.99. The van der Waals surface area contributed by atoms with Crippen LogP contribution in [0.15, 0.2) is 57.5 Å². The molecule has 0 radical (unpaired) electrons. The minimum absolute atomic E-state index is 0.296. The zero-order valence-electron chi connectivity index (χ0n) is 13.1. The summed E-state index contributed by atoms with van der Waals surface area (Å²) >= 11 is 0.387. The number of benzene rings is 1. The number of carbonyl (C=O) groups excluding carboxylic acids is 2. The number of ether oxygens (including phenoxy) is 1. The fourth-order valence-electron chi connectivity index (χ4n) is 1.78. The molecular formula is C17H12F2N2O4S. The van der Waals surface area contributed by atoms with Crippen LogP contribution in [-0.2, 0) is 14.3 Å². The molecule has 0 spiro atoms. The lowest BCUT2D eigenvalue weighted by Crippen LogP contribution is -2.21. The fraction of sp³-hybridized carbons (Fsp3) is 0.118. The molecule has 1 heterocycles. The summed E-state index contributed by atoms with van der Waals surface area (Å²) in [6.45, 7) is -0.608. The van der Waals surface area contributed by atoms with E-state index in [2.05, 4.69) is 5.32 Å². The van der Waals surface area contributed by atoms with Gasteiger partial charge in [-0.1, -0.05) is 11.8 Å². The van der Waals surface area contributed by atoms with Crippen LogP contribution >= 0.6 is 11.8 Å². The first kappa shape index (κ1) is 19.2. The van der Waals surface area contributed by atoms with Gasteiger partial charge in [0.2, 0.25) is 0 Å². The number of esters is 1. The lowest BCUT2D eigenvalue weighted by molar-refractivity contribution is -0.142. The molecule has 1 aromatic carbocycles. The van der Waals surface area contributed by atoms with Gasteiger partial charge in [0.05, 0.1) is 6.26 Å². The van der Waals surface area contributed by atoms with Gasteiger partial charge in [0, 0.05) is 16.7 Å². The molecule has 2 aromatic rings. The van der Waals surface area contributed by atoms with Crippen LogP contribution in [0.3, 0.4) is 0 Å². The third-order valence-corrected chi connectivity index (χ3v) is 3.59. The zero-order chi connectivity index (χ0) is 18.9. The summed E-state index contributed by atoms with van der Waals surface area (Å²) in [6, 6.07) is 10.6. The van der Waals surface area contributed by atoms with Gasteiger partial charge in [0.15, 0.2) is 6.61 Å². The van der Waals surface area contributed by atoms with Crippen molar-refractivity contribution in [3.63, 3.8) is 0 Å². The van der Waals surface area contributed by atoms with Gasteiger partial charge < -0.3 is 14.5 Å². The maximum absolute atomic E-state index is 12.2. The number of thioether (sulfide) groups is 1. The first-order valence-electron chi connectivity index (χ1n) is 7.15. The molecule has 6 nitrogen and oxygen atoms in total. The number of halogens is 2. The predicted octanol–water partition coefficient (Wildman–Crippen LogP) is 3.68. The monoisotopic (exact) mass is 378 g/mol. The quantitative estimate of drug-likeness (QED) is 0.342. The van der Waals surface area contributed by atoms with Gasteiger partial charge in [-0.25, -0.2) is 4.79 Å². The third kappa shape index (κ3) is 6.07. The second-order valence-electron chi connectivity index (χ2n) is 4.71. The molecule has 0 aliphatic carbocycles. The number of nitriles is 1. The van der Waals surface area contributed by atoms with Crippen LogP contribution in [-0.4, -0.2) is 24.2 Å². The molecular weight excluding hydrogens is 366 g/mol. The molecule has 26 heavy (non-hydrogen) atoms. The van der Waals surface area contributed by atoms with Gasteiger partial charge in [-0.2, -0.15) is 14.0 Å². The molecule has 134 valence electrons. The fourth-order valence-corrected chi connectivity index (χ4v) is 2.28. The lowest BCUT2D eigenvalue weighted by atomic mass is 10.2. The van der Waals surface area contributed by atoms with Crippen molar-refractivity contribution in [2.24, 2.45) is 0 Å². The van der Waals surface area contributed by atoms with E-state index in [9.17, 15) is 18.4 Å². The summed E-state index contributed by atoms with van der Waals surface area (Å²) in [5, 5.41) is 11.4. The molecule has 0 aliphatic heterocycles. The maximum Gasteiger partial charge on any atom is 0.349 e. The van der Waals surface area contributed by atoms with Crippen molar-refractivity contribution >= 4 is 35.4 Å². The Morgan fingerprint density at radius 2 is 2.04 bits per heavy atom. The largest absolute Gasteiger partial charge is 0.465 e. The topological polar surface area (TPSA) is 92.3 Å². The summed E-state index contributed by atoms with van der Waals surface area (Å²) in [5.41, 5.74) is 0.0393. The van der Waals surface area contributed by atoms with E-state index < -0.39 is 24.2 Å². The molecule has 0 atom stereocenters. The van der Waals surface area contributed by atoms with Crippen molar-refractivity contribution < 1.29 is 27.5 Å². The van der Waals surface area contributed by atoms with E-state index in [0.29, 0.717) is 28.1 Å². The van der Waals surface area contributed by atoms with Crippen LogP contribution in [0.4, 0.5) is 14.5 Å². The van der Waals surface area contributed by atoms with E-state index in [1.807, 2.05) is 0 Å². The molecule has 1 aromatic heterocycles. The average Bonchev–Trinajstić information content (AvgIpc) is 3.12. The van der Waals surface area contributed by atoms with Crippen molar-refractivity contribution in [2.45, 2.75) is 10.7 Å². The lowest BCUT2D eigenvalue weighted by Gasteiger charge is -2.07. The number of furan rings is 1. The third-order valence-electron chi connectivity index (χ3n) is 2.87. The number of anilines is 1. The van der Waals surface area contributed by atoms with Gasteiger partial charge in [0.1, 0.15) is 17.4 Å². The van der Waals surface area contributed by atoms with E-state index in [1.165, 1.54) is 36.6 Å². The second kappa shape index (κ2) is 9.39. The van der Waals surface area contributed by atoms with E-state index >= 15 is 0 Å². The Bertz CT molecular complexity index is 827. The average molecular weight is 378 g/mol. The van der Waals surface area contributed by atoms with Gasteiger partial charge >= 0.3 is 5.97 Å². The van der Waals surface area contributed by atoms with Crippen molar-refractivity contribution in [2.75, 3.05) is 11.9 Å². The van der Waals surface area contributed by atoms with E-state index in [4.69, 9.17) is 14.4 Å². The van der Waals surface area contributed by atoms with Gasteiger partial charge in [-0.15, -0.1) is 0 Å². The normalized spacial score (nSPS) is 11.1. The summed E-state index contributed by atoms with van der Waals surface area (Å²) in [4.78, 5) is 23.9. The Morgan fingerprint density at radius 3 is 2.62 bits per heavy atom. The maximum atomic E-state index is 12.2. The number of nitrogens with one attached hydrogen (secondary N) is 1. The smallest absolute Gasteiger partial charge is 0.349 e. The Balaban J connectivity index is 1.86. The SMILES string of the molecule is N#C/C(=C\c1ccco1)C(=O)OCC(=O)Nc1ccc(SC(F)F)cc1. The molecule has 1 N–H and O–H groups in total. The summed E-state index contributed by atoms with van der Waals surface area (Å²) < 4.78 is 34.2. The van der Waals surface area contributed by atoms with E-state index in [0.717, 1.165) is 0 Å². The van der Waals surface area contributed by atoms with Gasteiger partial charge in [-0.05, 0) is 36.4 Å². The number of carbonyl (C=O) groups is 2. The molecule has 0 saturated heterocycles. The Kier molecular flexibility index (Phi) is 6.93. The number of nitrogens with zero attached hydrogens (tertiary/aromatic N) is 1. The summed E-state index contributed by atoms with van der Waals surface area (Å²) in [7, 11) is 0. The Morgan fingerprint density at radius 1 is 1.31 bits per heavy atom. The molecule has 0 bridgehead atoms. The number of hydrogen-bond acceptors (Lipinski definition) is 6. The van der Waals surface area contributed by atoms with Gasteiger partial charge in [-0.3, -0.25) is 4.79 Å². The number of alkyl halides is 2. The molecule has 1 amide bonds. The zero-order valence-corrected chi connectivity index (χ0v) is 14.0. The Labute approximate surface area is 151 Å². The van der Waals surface area contributed by atoms with Crippen molar-refractivity contribution in [1.82, 2.24) is 0 Å². The summed E-state index contributed by atoms with van der Waals surface area (Å²) in [6.07, 6.45) is 2.57. The standard InChI is InChI=1S/C17H12F2N2O4S/c18-17(19)26-14-5-3-12(4-6-14)21-15(22)10-25-16(23)11(9-20)8-13-2-1-7-24-13/h1-8,17H,10H2,(H,21,22)/b11-8+.